The Hall–Kier alpha value is -0.723. The number of fused-ring (bicyclic) bond motifs is 1. The molecule has 4 nitrogen and oxygen atoms in total. The van der Waals surface area contributed by atoms with Gasteiger partial charge in [0.15, 0.2) is 0 Å². The molecule has 1 unspecified atom stereocenters. The molecule has 0 N–H and O–H groups in total. The zero-order valence-corrected chi connectivity index (χ0v) is 9.41. The maximum Gasteiger partial charge on any atom is 1.00 e. The molecule has 0 spiro atoms. The third-order valence-electron chi connectivity index (χ3n) is 2.77. The molecule has 15 heavy (non-hydrogen) atoms. The van der Waals surface area contributed by atoms with E-state index < -0.39 is 5.97 Å². The number of nitrogens with zero attached hydrogens (tertiary/aromatic N) is 2. The number of carbonyl (C=O) groups is 1. The second kappa shape index (κ2) is 4.42. The van der Waals surface area contributed by atoms with E-state index in [0.29, 0.717) is 11.6 Å². The molecule has 2 rings (SSSR count). The number of imidazole rings is 1. The zero-order valence-electron chi connectivity index (χ0n) is 9.41. The number of aromatic nitrogens is 2. The summed E-state index contributed by atoms with van der Waals surface area (Å²) in [6.45, 7) is 4.60. The van der Waals surface area contributed by atoms with E-state index >= 15 is 0 Å². The summed E-state index contributed by atoms with van der Waals surface area (Å²) < 4.78 is 1.79. The summed E-state index contributed by atoms with van der Waals surface area (Å²) in [6.07, 6.45) is 1.96. The fourth-order valence-corrected chi connectivity index (χ4v) is 2.06. The third-order valence-corrected chi connectivity index (χ3v) is 2.77. The van der Waals surface area contributed by atoms with Gasteiger partial charge in [0.1, 0.15) is 5.82 Å². The molecule has 0 bridgehead atoms. The van der Waals surface area contributed by atoms with Gasteiger partial charge in [-0.15, -0.1) is 0 Å². The van der Waals surface area contributed by atoms with Crippen LogP contribution in [0.15, 0.2) is 0 Å². The zero-order chi connectivity index (χ0) is 10.3. The monoisotopic (exact) mass is 200 g/mol. The normalized spacial score (nSPS) is 19.2. The third kappa shape index (κ3) is 2.11. The number of hydrogen-bond acceptors (Lipinski definition) is 3. The quantitative estimate of drug-likeness (QED) is 0.458. The minimum Gasteiger partial charge on any atom is -0.543 e. The van der Waals surface area contributed by atoms with Gasteiger partial charge >= 0.3 is 18.9 Å². The first-order valence-corrected chi connectivity index (χ1v) is 4.87. The molecule has 1 aliphatic heterocycles. The number of aryl methyl sites for hydroxylation is 2. The van der Waals surface area contributed by atoms with Crippen molar-refractivity contribution in [2.75, 3.05) is 0 Å². The van der Waals surface area contributed by atoms with Gasteiger partial charge in [0.05, 0.1) is 17.4 Å². The van der Waals surface area contributed by atoms with Crippen LogP contribution in [0, 0.1) is 12.8 Å². The van der Waals surface area contributed by atoms with Crippen molar-refractivity contribution in [2.45, 2.75) is 33.2 Å². The number of rotatable bonds is 1. The summed E-state index contributed by atoms with van der Waals surface area (Å²) in [7, 11) is 0. The van der Waals surface area contributed by atoms with Crippen LogP contribution in [0.4, 0.5) is 0 Å². The molecule has 0 aromatic carbocycles. The summed E-state index contributed by atoms with van der Waals surface area (Å²) in [5.41, 5.74) is 0.834. The summed E-state index contributed by atoms with van der Waals surface area (Å²) >= 11 is 0. The smallest absolute Gasteiger partial charge is 0.543 e. The van der Waals surface area contributed by atoms with Gasteiger partial charge < -0.3 is 14.5 Å². The molecule has 1 aliphatic rings. The van der Waals surface area contributed by atoms with Gasteiger partial charge in [-0.1, -0.05) is 6.92 Å². The molecule has 76 valence electrons. The Morgan fingerprint density at radius 1 is 1.60 bits per heavy atom. The van der Waals surface area contributed by atoms with Crippen LogP contribution in [0.2, 0.25) is 0 Å². The van der Waals surface area contributed by atoms with Gasteiger partial charge in [0, 0.05) is 13.0 Å². The van der Waals surface area contributed by atoms with Crippen LogP contribution in [-0.2, 0) is 13.0 Å². The van der Waals surface area contributed by atoms with Gasteiger partial charge in [-0.25, -0.2) is 4.98 Å². The van der Waals surface area contributed by atoms with Gasteiger partial charge in [0.2, 0.25) is 0 Å². The minimum atomic E-state index is -1.12. The van der Waals surface area contributed by atoms with Crippen LogP contribution in [-0.4, -0.2) is 15.5 Å². The predicted octanol–water partition coefficient (Wildman–Crippen LogP) is -2.86. The van der Waals surface area contributed by atoms with Gasteiger partial charge in [-0.2, -0.15) is 0 Å². The summed E-state index contributed by atoms with van der Waals surface area (Å²) in [4.78, 5) is 15.1. The van der Waals surface area contributed by atoms with E-state index in [1.54, 1.807) is 11.5 Å². The molecule has 0 saturated carbocycles. The molecule has 2 heterocycles. The molecule has 1 atom stereocenters. The van der Waals surface area contributed by atoms with Crippen molar-refractivity contribution in [2.24, 2.45) is 5.92 Å². The Balaban J connectivity index is 0.00000112. The fourth-order valence-electron chi connectivity index (χ4n) is 2.06. The van der Waals surface area contributed by atoms with Gasteiger partial charge in [-0.05, 0) is 19.3 Å². The van der Waals surface area contributed by atoms with E-state index in [-0.39, 0.29) is 24.6 Å². The van der Waals surface area contributed by atoms with Gasteiger partial charge in [-0.3, -0.25) is 0 Å². The molecule has 0 fully saturated rings. The maximum absolute atomic E-state index is 10.9. The Kier molecular flexibility index (Phi) is 3.64. The Morgan fingerprint density at radius 3 is 2.87 bits per heavy atom. The Labute approximate surface area is 101 Å². The van der Waals surface area contributed by atoms with Crippen LogP contribution >= 0.6 is 0 Å². The van der Waals surface area contributed by atoms with E-state index in [1.165, 1.54) is 0 Å². The predicted molar refractivity (Wildman–Crippen MR) is 48.8 cm³/mol. The van der Waals surface area contributed by atoms with Crippen molar-refractivity contribution in [1.29, 1.82) is 0 Å². The number of aromatic carboxylic acids is 1. The molecule has 1 aromatic rings. The van der Waals surface area contributed by atoms with Crippen molar-refractivity contribution in [3.63, 3.8) is 0 Å². The summed E-state index contributed by atoms with van der Waals surface area (Å²) in [5.74, 6) is 0.296. The average Bonchev–Trinajstić information content (AvgIpc) is 2.40. The first kappa shape index (κ1) is 12.3. The van der Waals surface area contributed by atoms with E-state index in [0.717, 1.165) is 25.2 Å². The van der Waals surface area contributed by atoms with Crippen molar-refractivity contribution in [3.8, 4) is 0 Å². The molecule has 5 heteroatoms. The van der Waals surface area contributed by atoms with Crippen molar-refractivity contribution in [1.82, 2.24) is 9.55 Å². The van der Waals surface area contributed by atoms with E-state index in [9.17, 15) is 9.90 Å². The molecule has 0 amide bonds. The average molecular weight is 200 g/mol. The SMILES string of the molecule is Cc1nc2n(c1C(=O)[O-])CC(C)CC2.[Li+]. The van der Waals surface area contributed by atoms with E-state index in [2.05, 4.69) is 11.9 Å². The van der Waals surface area contributed by atoms with Crippen LogP contribution < -0.4 is 24.0 Å². The van der Waals surface area contributed by atoms with E-state index in [1.807, 2.05) is 0 Å². The second-order valence-corrected chi connectivity index (χ2v) is 4.00. The van der Waals surface area contributed by atoms with Crippen LogP contribution in [0.25, 0.3) is 0 Å². The molecular formula is C10H13LiN2O2. The number of carboxylic acids is 1. The molecule has 0 aliphatic carbocycles. The number of carbonyl (C=O) groups excluding carboxylic acids is 1. The fraction of sp³-hybridized carbons (Fsp3) is 0.600. The summed E-state index contributed by atoms with van der Waals surface area (Å²) in [5, 5.41) is 10.9. The van der Waals surface area contributed by atoms with Crippen molar-refractivity contribution >= 4 is 5.97 Å². The van der Waals surface area contributed by atoms with Gasteiger partial charge in [0.25, 0.3) is 0 Å². The topological polar surface area (TPSA) is 58.0 Å². The second-order valence-electron chi connectivity index (χ2n) is 4.00. The minimum absolute atomic E-state index is 0. The number of hydrogen-bond donors (Lipinski definition) is 0. The largest absolute Gasteiger partial charge is 1.00 e. The van der Waals surface area contributed by atoms with Crippen LogP contribution in [0.3, 0.4) is 0 Å². The Bertz CT molecular complexity index is 387. The van der Waals surface area contributed by atoms with E-state index in [4.69, 9.17) is 0 Å². The van der Waals surface area contributed by atoms with Crippen molar-refractivity contribution < 1.29 is 28.8 Å². The van der Waals surface area contributed by atoms with Crippen LogP contribution in [0.1, 0.15) is 35.4 Å². The molecule has 0 radical (unpaired) electrons. The summed E-state index contributed by atoms with van der Waals surface area (Å²) in [6, 6.07) is 0. The molecule has 0 saturated heterocycles. The Morgan fingerprint density at radius 2 is 2.27 bits per heavy atom. The van der Waals surface area contributed by atoms with Crippen molar-refractivity contribution in [3.05, 3.63) is 17.2 Å². The molecule has 1 aromatic heterocycles. The maximum atomic E-state index is 10.9. The van der Waals surface area contributed by atoms with Crippen LogP contribution in [0.5, 0.6) is 0 Å². The first-order chi connectivity index (χ1) is 6.59. The first-order valence-electron chi connectivity index (χ1n) is 4.87. The standard InChI is InChI=1S/C10H14N2O2.Li/c1-6-3-4-8-11-7(2)9(10(13)14)12(8)5-6;/h6H,3-5H2,1-2H3,(H,13,14);/q;+1/p-1. The number of carboxylic acid groups (broad SMARTS) is 1. The molecular weight excluding hydrogens is 187 g/mol.